The molecular weight excluding hydrogens is 249 g/mol. The molecule has 0 saturated heterocycles. The fraction of sp³-hybridized carbons (Fsp3) is 0.231. The molecule has 0 aliphatic carbocycles. The number of phenolic OH excluding ortho intramolecular Hbond substituents is 1. The average Bonchev–Trinajstić information content (AvgIpc) is 2.81. The minimum absolute atomic E-state index is 0.0907. The van der Waals surface area contributed by atoms with Gasteiger partial charge in [-0.15, -0.1) is 0 Å². The molecule has 2 rings (SSSR count). The van der Waals surface area contributed by atoms with E-state index in [9.17, 15) is 14.3 Å². The van der Waals surface area contributed by atoms with E-state index < -0.39 is 11.6 Å². The fourth-order valence-corrected chi connectivity index (χ4v) is 1.61. The fourth-order valence-electron chi connectivity index (χ4n) is 1.61. The van der Waals surface area contributed by atoms with Gasteiger partial charge in [-0.3, -0.25) is 9.48 Å². The molecule has 6 heteroatoms. The second-order valence-corrected chi connectivity index (χ2v) is 4.35. The van der Waals surface area contributed by atoms with Crippen molar-refractivity contribution in [1.29, 1.82) is 0 Å². The lowest BCUT2D eigenvalue weighted by Crippen LogP contribution is -2.26. The van der Waals surface area contributed by atoms with Crippen molar-refractivity contribution in [2.75, 3.05) is 14.1 Å². The van der Waals surface area contributed by atoms with Gasteiger partial charge in [0.05, 0.1) is 6.20 Å². The standard InChI is InChI=1S/C13H14FN3O2/c1-16(2)12(19)8-17-7-9(6-15-17)10-4-3-5-11(18)13(10)14/h3-7,18H,8H2,1-2H3. The molecule has 1 amide bonds. The molecule has 2 aromatic rings. The van der Waals surface area contributed by atoms with Gasteiger partial charge in [-0.1, -0.05) is 12.1 Å². The van der Waals surface area contributed by atoms with E-state index in [4.69, 9.17) is 0 Å². The third-order valence-electron chi connectivity index (χ3n) is 2.72. The second kappa shape index (κ2) is 5.09. The van der Waals surface area contributed by atoms with Gasteiger partial charge < -0.3 is 10.0 Å². The number of benzene rings is 1. The SMILES string of the molecule is CN(C)C(=O)Cn1cc(-c2cccc(O)c2F)cn1. The van der Waals surface area contributed by atoms with Crippen molar-refractivity contribution in [3.8, 4) is 16.9 Å². The van der Waals surface area contributed by atoms with Crippen LogP contribution >= 0.6 is 0 Å². The summed E-state index contributed by atoms with van der Waals surface area (Å²) >= 11 is 0. The van der Waals surface area contributed by atoms with Gasteiger partial charge in [0.1, 0.15) is 6.54 Å². The molecule has 0 fully saturated rings. The molecule has 0 aliphatic rings. The summed E-state index contributed by atoms with van der Waals surface area (Å²) in [6.45, 7) is 0.0907. The van der Waals surface area contributed by atoms with Gasteiger partial charge in [0.15, 0.2) is 11.6 Å². The Labute approximate surface area is 109 Å². The molecule has 0 atom stereocenters. The van der Waals surface area contributed by atoms with E-state index in [0.29, 0.717) is 5.56 Å². The van der Waals surface area contributed by atoms with E-state index in [2.05, 4.69) is 5.10 Å². The predicted octanol–water partition coefficient (Wildman–Crippen LogP) is 1.48. The third-order valence-corrected chi connectivity index (χ3v) is 2.72. The Morgan fingerprint density at radius 1 is 1.47 bits per heavy atom. The van der Waals surface area contributed by atoms with Gasteiger partial charge in [-0.25, -0.2) is 4.39 Å². The molecule has 0 radical (unpaired) electrons. The maximum absolute atomic E-state index is 13.7. The number of likely N-dealkylation sites (N-methyl/N-ethyl adjacent to an activating group) is 1. The van der Waals surface area contributed by atoms with Gasteiger partial charge >= 0.3 is 0 Å². The van der Waals surface area contributed by atoms with Crippen LogP contribution in [-0.4, -0.2) is 39.8 Å². The van der Waals surface area contributed by atoms with Crippen molar-refractivity contribution < 1.29 is 14.3 Å². The molecule has 5 nitrogen and oxygen atoms in total. The number of hydrogen-bond donors (Lipinski definition) is 1. The lowest BCUT2D eigenvalue weighted by molar-refractivity contribution is -0.129. The molecular formula is C13H14FN3O2. The highest BCUT2D eigenvalue weighted by Crippen LogP contribution is 2.27. The smallest absolute Gasteiger partial charge is 0.243 e. The van der Waals surface area contributed by atoms with Gasteiger partial charge in [-0.05, 0) is 6.07 Å². The number of halogens is 1. The number of aromatic nitrogens is 2. The first-order valence-electron chi connectivity index (χ1n) is 5.69. The number of carbonyl (C=O) groups excluding carboxylic acids is 1. The minimum atomic E-state index is -0.694. The van der Waals surface area contributed by atoms with Crippen LogP contribution in [0.15, 0.2) is 30.6 Å². The quantitative estimate of drug-likeness (QED) is 0.912. The topological polar surface area (TPSA) is 58.4 Å². The summed E-state index contributed by atoms with van der Waals surface area (Å²) in [5, 5.41) is 13.3. The molecule has 0 spiro atoms. The van der Waals surface area contributed by atoms with Gasteiger partial charge in [-0.2, -0.15) is 5.10 Å². The van der Waals surface area contributed by atoms with Gasteiger partial charge in [0.2, 0.25) is 5.91 Å². The summed E-state index contributed by atoms with van der Waals surface area (Å²) in [6, 6.07) is 4.37. The number of amides is 1. The summed E-state index contributed by atoms with van der Waals surface area (Å²) in [5.74, 6) is -1.21. The van der Waals surface area contributed by atoms with Crippen LogP contribution in [0.4, 0.5) is 4.39 Å². The highest BCUT2D eigenvalue weighted by Gasteiger charge is 2.12. The summed E-state index contributed by atoms with van der Waals surface area (Å²) < 4.78 is 15.2. The molecule has 0 aliphatic heterocycles. The Hall–Kier alpha value is -2.37. The summed E-state index contributed by atoms with van der Waals surface area (Å²) in [6.07, 6.45) is 3.03. The molecule has 0 saturated carbocycles. The lowest BCUT2D eigenvalue weighted by Gasteiger charge is -2.09. The van der Waals surface area contributed by atoms with Crippen LogP contribution in [-0.2, 0) is 11.3 Å². The van der Waals surface area contributed by atoms with Crippen LogP contribution in [0, 0.1) is 5.82 Å². The maximum Gasteiger partial charge on any atom is 0.243 e. The van der Waals surface area contributed by atoms with E-state index in [0.717, 1.165) is 0 Å². The van der Waals surface area contributed by atoms with Crippen molar-refractivity contribution in [2.24, 2.45) is 0 Å². The first-order chi connectivity index (χ1) is 8.99. The van der Waals surface area contributed by atoms with Gasteiger partial charge in [0.25, 0.3) is 0 Å². The van der Waals surface area contributed by atoms with Crippen LogP contribution in [0.2, 0.25) is 0 Å². The highest BCUT2D eigenvalue weighted by molar-refractivity contribution is 5.75. The zero-order valence-corrected chi connectivity index (χ0v) is 10.7. The summed E-state index contributed by atoms with van der Waals surface area (Å²) in [7, 11) is 3.31. The molecule has 1 N–H and O–H groups in total. The first kappa shape index (κ1) is 13.1. The van der Waals surface area contributed by atoms with Crippen molar-refractivity contribution in [3.05, 3.63) is 36.4 Å². The van der Waals surface area contributed by atoms with E-state index in [1.165, 1.54) is 21.8 Å². The third kappa shape index (κ3) is 2.73. The molecule has 1 aromatic carbocycles. The second-order valence-electron chi connectivity index (χ2n) is 4.35. The number of hydrogen-bond acceptors (Lipinski definition) is 3. The molecule has 100 valence electrons. The maximum atomic E-state index is 13.7. The predicted molar refractivity (Wildman–Crippen MR) is 68.0 cm³/mol. The summed E-state index contributed by atoms with van der Waals surface area (Å²) in [4.78, 5) is 13.0. The highest BCUT2D eigenvalue weighted by atomic mass is 19.1. The molecule has 1 heterocycles. The Morgan fingerprint density at radius 2 is 2.21 bits per heavy atom. The molecule has 19 heavy (non-hydrogen) atoms. The number of nitrogens with zero attached hydrogens (tertiary/aromatic N) is 3. The Morgan fingerprint density at radius 3 is 2.89 bits per heavy atom. The van der Waals surface area contributed by atoms with E-state index in [1.807, 2.05) is 0 Å². The van der Waals surface area contributed by atoms with Crippen LogP contribution in [0.3, 0.4) is 0 Å². The zero-order valence-electron chi connectivity index (χ0n) is 10.7. The van der Waals surface area contributed by atoms with Crippen molar-refractivity contribution >= 4 is 5.91 Å². The molecule has 1 aromatic heterocycles. The van der Waals surface area contributed by atoms with Crippen LogP contribution in [0.1, 0.15) is 0 Å². The van der Waals surface area contributed by atoms with Gasteiger partial charge in [0, 0.05) is 31.4 Å². The van der Waals surface area contributed by atoms with Crippen LogP contribution < -0.4 is 0 Å². The number of rotatable bonds is 3. The van der Waals surface area contributed by atoms with Crippen molar-refractivity contribution in [3.63, 3.8) is 0 Å². The Bertz CT molecular complexity index is 608. The summed E-state index contributed by atoms with van der Waals surface area (Å²) in [5.41, 5.74) is 0.767. The van der Waals surface area contributed by atoms with E-state index >= 15 is 0 Å². The number of aromatic hydroxyl groups is 1. The minimum Gasteiger partial charge on any atom is -0.505 e. The van der Waals surface area contributed by atoms with Crippen molar-refractivity contribution in [2.45, 2.75) is 6.54 Å². The normalized spacial score (nSPS) is 10.5. The lowest BCUT2D eigenvalue weighted by atomic mass is 10.1. The Kier molecular flexibility index (Phi) is 3.50. The monoisotopic (exact) mass is 263 g/mol. The van der Waals surface area contributed by atoms with Crippen molar-refractivity contribution in [1.82, 2.24) is 14.7 Å². The zero-order chi connectivity index (χ0) is 14.0. The Balaban J connectivity index is 2.26. The van der Waals surface area contributed by atoms with E-state index in [1.54, 1.807) is 32.4 Å². The van der Waals surface area contributed by atoms with Crippen LogP contribution in [0.5, 0.6) is 5.75 Å². The first-order valence-corrected chi connectivity index (χ1v) is 5.69. The number of carbonyl (C=O) groups is 1. The van der Waals surface area contributed by atoms with E-state index in [-0.39, 0.29) is 18.0 Å². The molecule has 0 unspecified atom stereocenters. The largest absolute Gasteiger partial charge is 0.505 e. The molecule has 0 bridgehead atoms. The van der Waals surface area contributed by atoms with Crippen LogP contribution in [0.25, 0.3) is 11.1 Å². The number of phenols is 1. The average molecular weight is 263 g/mol.